The summed E-state index contributed by atoms with van der Waals surface area (Å²) in [7, 11) is 0. The van der Waals surface area contributed by atoms with Crippen molar-refractivity contribution in [3.63, 3.8) is 0 Å². The van der Waals surface area contributed by atoms with Crippen LogP contribution in [0.15, 0.2) is 18.2 Å². The molecule has 0 bridgehead atoms. The summed E-state index contributed by atoms with van der Waals surface area (Å²) in [6.45, 7) is 9.07. The number of carbonyl (C=O) groups is 2. The number of ether oxygens (including phenoxy) is 1. The van der Waals surface area contributed by atoms with Crippen LogP contribution < -0.4 is 5.32 Å². The minimum absolute atomic E-state index is 0.320. The maximum atomic E-state index is 12.4. The monoisotopic (exact) mass is 384 g/mol. The fraction of sp³-hybridized carbons (Fsp3) is 0.316. The van der Waals surface area contributed by atoms with Crippen LogP contribution in [-0.2, 0) is 9.53 Å². The second-order valence-electron chi connectivity index (χ2n) is 6.30. The Labute approximate surface area is 160 Å². The van der Waals surface area contributed by atoms with E-state index < -0.39 is 18.0 Å². The number of anilines is 1. The summed E-state index contributed by atoms with van der Waals surface area (Å²) in [6.07, 6.45) is -0.955. The quantitative estimate of drug-likeness (QED) is 0.692. The normalized spacial score (nSPS) is 12.0. The van der Waals surface area contributed by atoms with Crippen LogP contribution in [0.25, 0.3) is 11.0 Å². The smallest absolute Gasteiger partial charge is 0.338 e. The van der Waals surface area contributed by atoms with Crippen LogP contribution in [0.5, 0.6) is 0 Å². The van der Waals surface area contributed by atoms with Gasteiger partial charge in [-0.15, -0.1) is 11.3 Å². The zero-order valence-corrected chi connectivity index (χ0v) is 16.6. The molecule has 1 unspecified atom stereocenters. The molecule has 0 radical (unpaired) electrons. The minimum atomic E-state index is -0.955. The van der Waals surface area contributed by atoms with Gasteiger partial charge in [0.2, 0.25) is 0 Å². The SMILES string of the molecule is Cc1nc2ccc(C(=O)OC(C)C(=O)Nc3nc(C)c(C)s3)cc2nc1C. The fourth-order valence-electron chi connectivity index (χ4n) is 2.37. The number of carbonyl (C=O) groups excluding carboxylic acids is 2. The number of aryl methyl sites for hydroxylation is 4. The Kier molecular flexibility index (Phi) is 5.18. The van der Waals surface area contributed by atoms with Gasteiger partial charge < -0.3 is 4.74 Å². The summed E-state index contributed by atoms with van der Waals surface area (Å²) in [4.78, 5) is 38.8. The highest BCUT2D eigenvalue weighted by Gasteiger charge is 2.21. The van der Waals surface area contributed by atoms with E-state index >= 15 is 0 Å². The molecule has 2 heterocycles. The summed E-state index contributed by atoms with van der Waals surface area (Å²) in [6, 6.07) is 4.96. The van der Waals surface area contributed by atoms with Crippen molar-refractivity contribution in [3.05, 3.63) is 45.7 Å². The Bertz CT molecular complexity index is 1030. The first-order valence-corrected chi connectivity index (χ1v) is 9.27. The van der Waals surface area contributed by atoms with E-state index in [1.807, 2.05) is 27.7 Å². The fourth-order valence-corrected chi connectivity index (χ4v) is 3.19. The highest BCUT2D eigenvalue weighted by atomic mass is 32.1. The first-order chi connectivity index (χ1) is 12.7. The van der Waals surface area contributed by atoms with Gasteiger partial charge in [-0.25, -0.2) is 19.7 Å². The van der Waals surface area contributed by atoms with Gasteiger partial charge in [-0.3, -0.25) is 10.1 Å². The predicted octanol–water partition coefficient (Wildman–Crippen LogP) is 3.50. The van der Waals surface area contributed by atoms with Crippen LogP contribution in [0.3, 0.4) is 0 Å². The van der Waals surface area contributed by atoms with Gasteiger partial charge in [-0.05, 0) is 52.8 Å². The molecule has 0 aliphatic carbocycles. The summed E-state index contributed by atoms with van der Waals surface area (Å²) in [5, 5.41) is 3.16. The number of benzene rings is 1. The van der Waals surface area contributed by atoms with Crippen molar-refractivity contribution in [3.8, 4) is 0 Å². The average Bonchev–Trinajstić information content (AvgIpc) is 2.92. The van der Waals surface area contributed by atoms with Crippen molar-refractivity contribution < 1.29 is 14.3 Å². The second-order valence-corrected chi connectivity index (χ2v) is 7.50. The molecule has 8 heteroatoms. The number of hydrogen-bond acceptors (Lipinski definition) is 7. The van der Waals surface area contributed by atoms with E-state index in [0.717, 1.165) is 22.0 Å². The summed E-state index contributed by atoms with van der Waals surface area (Å²) < 4.78 is 5.29. The third kappa shape index (κ3) is 4.11. The van der Waals surface area contributed by atoms with E-state index in [2.05, 4.69) is 20.3 Å². The number of thiazole rings is 1. The average molecular weight is 384 g/mol. The number of nitrogens with zero attached hydrogens (tertiary/aromatic N) is 3. The molecule has 1 N–H and O–H groups in total. The number of amides is 1. The molecule has 0 fully saturated rings. The summed E-state index contributed by atoms with van der Waals surface area (Å²) in [5.74, 6) is -1.02. The molecule has 0 spiro atoms. The van der Waals surface area contributed by atoms with Gasteiger partial charge in [0, 0.05) is 4.88 Å². The first kappa shape index (κ1) is 18.9. The van der Waals surface area contributed by atoms with E-state index in [-0.39, 0.29) is 0 Å². The molecule has 0 aliphatic heterocycles. The third-order valence-electron chi connectivity index (χ3n) is 4.22. The van der Waals surface area contributed by atoms with Gasteiger partial charge in [0.25, 0.3) is 5.91 Å². The molecule has 140 valence electrons. The Morgan fingerprint density at radius 1 is 1.00 bits per heavy atom. The number of nitrogens with one attached hydrogen (secondary N) is 1. The lowest BCUT2D eigenvalue weighted by atomic mass is 10.2. The second kappa shape index (κ2) is 7.40. The Hall–Kier alpha value is -2.87. The zero-order chi connectivity index (χ0) is 19.7. The van der Waals surface area contributed by atoms with Crippen LogP contribution in [0.1, 0.15) is 39.2 Å². The van der Waals surface area contributed by atoms with Crippen molar-refractivity contribution in [1.29, 1.82) is 0 Å². The third-order valence-corrected chi connectivity index (χ3v) is 5.21. The number of rotatable bonds is 4. The minimum Gasteiger partial charge on any atom is -0.449 e. The van der Waals surface area contributed by atoms with E-state index in [1.165, 1.54) is 18.3 Å². The molecule has 1 aromatic carbocycles. The first-order valence-electron chi connectivity index (χ1n) is 8.45. The Morgan fingerprint density at radius 3 is 2.30 bits per heavy atom. The van der Waals surface area contributed by atoms with Crippen molar-refractivity contribution in [2.75, 3.05) is 5.32 Å². The van der Waals surface area contributed by atoms with Crippen molar-refractivity contribution in [1.82, 2.24) is 15.0 Å². The molecular formula is C19H20N4O3S. The predicted molar refractivity (Wildman–Crippen MR) is 104 cm³/mol. The Morgan fingerprint density at radius 2 is 1.67 bits per heavy atom. The number of esters is 1. The van der Waals surface area contributed by atoms with E-state index in [1.54, 1.807) is 18.2 Å². The summed E-state index contributed by atoms with van der Waals surface area (Å²) in [5.41, 5.74) is 4.14. The van der Waals surface area contributed by atoms with E-state index in [9.17, 15) is 9.59 Å². The van der Waals surface area contributed by atoms with Gasteiger partial charge in [-0.1, -0.05) is 0 Å². The highest BCUT2D eigenvalue weighted by molar-refractivity contribution is 7.15. The molecule has 1 atom stereocenters. The van der Waals surface area contributed by atoms with Crippen molar-refractivity contribution >= 4 is 39.4 Å². The molecule has 1 amide bonds. The molecule has 3 rings (SSSR count). The van der Waals surface area contributed by atoms with Crippen molar-refractivity contribution in [2.24, 2.45) is 0 Å². The topological polar surface area (TPSA) is 94.1 Å². The van der Waals surface area contributed by atoms with Crippen LogP contribution in [0.4, 0.5) is 5.13 Å². The maximum absolute atomic E-state index is 12.4. The largest absolute Gasteiger partial charge is 0.449 e. The number of aromatic nitrogens is 3. The molecule has 0 saturated carbocycles. The van der Waals surface area contributed by atoms with Crippen LogP contribution in [0, 0.1) is 27.7 Å². The van der Waals surface area contributed by atoms with E-state index in [4.69, 9.17) is 4.74 Å². The van der Waals surface area contributed by atoms with Crippen LogP contribution >= 0.6 is 11.3 Å². The van der Waals surface area contributed by atoms with E-state index in [0.29, 0.717) is 21.7 Å². The standard InChI is InChI=1S/C19H20N4O3S/c1-9-10(2)21-16-8-14(6-7-15(16)20-9)18(25)26-12(4)17(24)23-19-22-11(3)13(5)27-19/h6-8,12H,1-5H3,(H,22,23,24). The number of fused-ring (bicyclic) bond motifs is 1. The van der Waals surface area contributed by atoms with Crippen LogP contribution in [0.2, 0.25) is 0 Å². The van der Waals surface area contributed by atoms with Gasteiger partial charge in [0.05, 0.1) is 33.7 Å². The molecule has 0 saturated heterocycles. The lowest BCUT2D eigenvalue weighted by molar-refractivity contribution is -0.123. The molecule has 3 aromatic rings. The molecular weight excluding hydrogens is 364 g/mol. The van der Waals surface area contributed by atoms with Gasteiger partial charge in [0.15, 0.2) is 11.2 Å². The Balaban J connectivity index is 1.71. The lowest BCUT2D eigenvalue weighted by Crippen LogP contribution is -2.30. The number of hydrogen-bond donors (Lipinski definition) is 1. The van der Waals surface area contributed by atoms with Gasteiger partial charge in [0.1, 0.15) is 0 Å². The molecule has 7 nitrogen and oxygen atoms in total. The summed E-state index contributed by atoms with van der Waals surface area (Å²) >= 11 is 1.38. The molecule has 0 aliphatic rings. The highest BCUT2D eigenvalue weighted by Crippen LogP contribution is 2.21. The van der Waals surface area contributed by atoms with Crippen LogP contribution in [-0.4, -0.2) is 32.9 Å². The lowest BCUT2D eigenvalue weighted by Gasteiger charge is -2.12. The van der Waals surface area contributed by atoms with Crippen molar-refractivity contribution in [2.45, 2.75) is 40.7 Å². The zero-order valence-electron chi connectivity index (χ0n) is 15.8. The molecule has 27 heavy (non-hydrogen) atoms. The molecule has 2 aromatic heterocycles. The van der Waals surface area contributed by atoms with Gasteiger partial charge >= 0.3 is 5.97 Å². The van der Waals surface area contributed by atoms with Gasteiger partial charge in [-0.2, -0.15) is 0 Å². The maximum Gasteiger partial charge on any atom is 0.338 e.